The second kappa shape index (κ2) is 5.43. The summed E-state index contributed by atoms with van der Waals surface area (Å²) in [6, 6.07) is 6.00. The van der Waals surface area contributed by atoms with Gasteiger partial charge in [0.1, 0.15) is 5.58 Å². The molecule has 5 rings (SSSR count). The molecule has 3 aliphatic rings. The van der Waals surface area contributed by atoms with E-state index in [1.807, 2.05) is 25.1 Å². The highest BCUT2D eigenvalue weighted by Gasteiger charge is 2.29. The van der Waals surface area contributed by atoms with Crippen molar-refractivity contribution in [3.8, 4) is 0 Å². The van der Waals surface area contributed by atoms with Gasteiger partial charge < -0.3 is 14.6 Å². The summed E-state index contributed by atoms with van der Waals surface area (Å²) in [5, 5.41) is 4.30. The van der Waals surface area contributed by atoms with E-state index in [1.165, 1.54) is 25.9 Å². The standard InChI is InChI=1S/C18H22N2O2/c1-12-11-22-17-9-14(2-3-16(12)17)18(21)19-15-8-13-4-6-20(10-15)7-5-13/h2-3,9,11,13,15H,4-8,10H2,1H3,(H,19,21). The number of carbonyl (C=O) groups is 1. The Morgan fingerprint density at radius 1 is 1.32 bits per heavy atom. The summed E-state index contributed by atoms with van der Waals surface area (Å²) in [6.07, 6.45) is 5.42. The quantitative estimate of drug-likeness (QED) is 0.927. The molecule has 1 aromatic heterocycles. The van der Waals surface area contributed by atoms with Crippen LogP contribution in [0.4, 0.5) is 0 Å². The highest BCUT2D eigenvalue weighted by atomic mass is 16.3. The fourth-order valence-corrected chi connectivity index (χ4v) is 3.87. The first kappa shape index (κ1) is 13.8. The van der Waals surface area contributed by atoms with E-state index in [-0.39, 0.29) is 11.9 Å². The molecule has 2 bridgehead atoms. The van der Waals surface area contributed by atoms with Crippen LogP contribution in [0.25, 0.3) is 11.0 Å². The third-order valence-electron chi connectivity index (χ3n) is 5.17. The monoisotopic (exact) mass is 298 g/mol. The Bertz CT molecular complexity index is 684. The van der Waals surface area contributed by atoms with Gasteiger partial charge in [-0.1, -0.05) is 6.07 Å². The van der Waals surface area contributed by atoms with Gasteiger partial charge in [0.25, 0.3) is 5.91 Å². The third kappa shape index (κ3) is 2.52. The van der Waals surface area contributed by atoms with Crippen molar-refractivity contribution in [2.45, 2.75) is 32.2 Å². The average Bonchev–Trinajstić information content (AvgIpc) is 2.70. The lowest BCUT2D eigenvalue weighted by Crippen LogP contribution is -2.41. The van der Waals surface area contributed by atoms with E-state index in [2.05, 4.69) is 10.2 Å². The van der Waals surface area contributed by atoms with Gasteiger partial charge in [-0.05, 0) is 62.9 Å². The number of amides is 1. The molecule has 3 aliphatic heterocycles. The van der Waals surface area contributed by atoms with Crippen molar-refractivity contribution in [3.63, 3.8) is 0 Å². The first-order valence-electron chi connectivity index (χ1n) is 8.20. The van der Waals surface area contributed by atoms with Gasteiger partial charge in [-0.15, -0.1) is 0 Å². The number of nitrogens with one attached hydrogen (secondary N) is 1. The van der Waals surface area contributed by atoms with Gasteiger partial charge in [-0.3, -0.25) is 4.79 Å². The van der Waals surface area contributed by atoms with Crippen LogP contribution in [0.1, 0.15) is 35.2 Å². The number of piperidine rings is 1. The molecule has 0 radical (unpaired) electrons. The number of rotatable bonds is 2. The van der Waals surface area contributed by atoms with E-state index in [0.29, 0.717) is 5.56 Å². The van der Waals surface area contributed by atoms with Crippen LogP contribution in [-0.2, 0) is 0 Å². The fourth-order valence-electron chi connectivity index (χ4n) is 3.87. The van der Waals surface area contributed by atoms with E-state index >= 15 is 0 Å². The summed E-state index contributed by atoms with van der Waals surface area (Å²) in [5.41, 5.74) is 2.58. The Kier molecular flexibility index (Phi) is 3.41. The molecule has 0 spiro atoms. The molecule has 4 heteroatoms. The molecule has 4 nitrogen and oxygen atoms in total. The molecule has 1 aromatic carbocycles. The van der Waals surface area contributed by atoms with Crippen LogP contribution in [0.5, 0.6) is 0 Å². The fraction of sp³-hybridized carbons (Fsp3) is 0.500. The normalized spacial score (nSPS) is 27.8. The second-order valence-corrected chi connectivity index (χ2v) is 6.78. The molecule has 1 unspecified atom stereocenters. The SMILES string of the molecule is Cc1coc2cc(C(=O)NC3CC4CCN(CC4)C3)ccc12. The summed E-state index contributed by atoms with van der Waals surface area (Å²) < 4.78 is 5.51. The minimum atomic E-state index is 0.0171. The summed E-state index contributed by atoms with van der Waals surface area (Å²) in [6.45, 7) is 5.38. The number of benzene rings is 1. The first-order valence-corrected chi connectivity index (χ1v) is 8.20. The number of hydrogen-bond donors (Lipinski definition) is 1. The Morgan fingerprint density at radius 3 is 2.95 bits per heavy atom. The van der Waals surface area contributed by atoms with Crippen molar-refractivity contribution in [1.82, 2.24) is 10.2 Å². The topological polar surface area (TPSA) is 45.5 Å². The lowest BCUT2D eigenvalue weighted by molar-refractivity contribution is 0.0929. The second-order valence-electron chi connectivity index (χ2n) is 6.78. The molecule has 2 aromatic rings. The van der Waals surface area contributed by atoms with Crippen LogP contribution in [0, 0.1) is 12.8 Å². The number of furan rings is 1. The van der Waals surface area contributed by atoms with Crippen molar-refractivity contribution in [2.75, 3.05) is 19.6 Å². The molecule has 3 fully saturated rings. The Balaban J connectivity index is 1.50. The van der Waals surface area contributed by atoms with Gasteiger partial charge in [0, 0.05) is 23.5 Å². The molecule has 3 saturated heterocycles. The molecule has 1 amide bonds. The maximum atomic E-state index is 12.5. The van der Waals surface area contributed by atoms with Crippen molar-refractivity contribution in [2.24, 2.45) is 5.92 Å². The molecule has 4 heterocycles. The largest absolute Gasteiger partial charge is 0.464 e. The van der Waals surface area contributed by atoms with E-state index in [4.69, 9.17) is 4.42 Å². The number of aryl methyl sites for hydroxylation is 1. The molecular formula is C18H22N2O2. The van der Waals surface area contributed by atoms with Gasteiger partial charge >= 0.3 is 0 Å². The van der Waals surface area contributed by atoms with Crippen LogP contribution in [0.3, 0.4) is 0 Å². The van der Waals surface area contributed by atoms with Crippen molar-refractivity contribution < 1.29 is 9.21 Å². The van der Waals surface area contributed by atoms with Gasteiger partial charge in [0.15, 0.2) is 0 Å². The molecule has 1 atom stereocenters. The van der Waals surface area contributed by atoms with Crippen LogP contribution in [0.2, 0.25) is 0 Å². The van der Waals surface area contributed by atoms with Gasteiger partial charge in [0.05, 0.1) is 6.26 Å². The highest BCUT2D eigenvalue weighted by Crippen LogP contribution is 2.27. The van der Waals surface area contributed by atoms with Gasteiger partial charge in [0.2, 0.25) is 0 Å². The zero-order valence-electron chi connectivity index (χ0n) is 13.0. The number of carbonyl (C=O) groups excluding carboxylic acids is 1. The summed E-state index contributed by atoms with van der Waals surface area (Å²) >= 11 is 0. The maximum Gasteiger partial charge on any atom is 0.251 e. The lowest BCUT2D eigenvalue weighted by atomic mass is 9.94. The minimum absolute atomic E-state index is 0.0171. The van der Waals surface area contributed by atoms with Crippen LogP contribution in [-0.4, -0.2) is 36.5 Å². The predicted octanol–water partition coefficient (Wildman–Crippen LogP) is 2.96. The molecule has 0 saturated carbocycles. The van der Waals surface area contributed by atoms with E-state index in [1.54, 1.807) is 6.26 Å². The van der Waals surface area contributed by atoms with Crippen molar-refractivity contribution in [1.29, 1.82) is 0 Å². The van der Waals surface area contributed by atoms with E-state index in [0.717, 1.165) is 35.4 Å². The number of nitrogens with zero attached hydrogens (tertiary/aromatic N) is 1. The van der Waals surface area contributed by atoms with Crippen LogP contribution >= 0.6 is 0 Å². The minimum Gasteiger partial charge on any atom is -0.464 e. The lowest BCUT2D eigenvalue weighted by Gasteiger charge is -2.26. The number of fused-ring (bicyclic) bond motifs is 5. The smallest absolute Gasteiger partial charge is 0.251 e. The average molecular weight is 298 g/mol. The van der Waals surface area contributed by atoms with Crippen molar-refractivity contribution in [3.05, 3.63) is 35.6 Å². The predicted molar refractivity (Wildman–Crippen MR) is 86.0 cm³/mol. The zero-order chi connectivity index (χ0) is 15.1. The van der Waals surface area contributed by atoms with E-state index in [9.17, 15) is 4.79 Å². The summed E-state index contributed by atoms with van der Waals surface area (Å²) in [4.78, 5) is 15.0. The summed E-state index contributed by atoms with van der Waals surface area (Å²) in [7, 11) is 0. The van der Waals surface area contributed by atoms with Gasteiger partial charge in [-0.25, -0.2) is 0 Å². The molecule has 0 aliphatic carbocycles. The maximum absolute atomic E-state index is 12.5. The van der Waals surface area contributed by atoms with Gasteiger partial charge in [-0.2, -0.15) is 0 Å². The molecule has 22 heavy (non-hydrogen) atoms. The van der Waals surface area contributed by atoms with Crippen molar-refractivity contribution >= 4 is 16.9 Å². The van der Waals surface area contributed by atoms with Crippen LogP contribution < -0.4 is 5.32 Å². The summed E-state index contributed by atoms with van der Waals surface area (Å²) in [5.74, 6) is 0.794. The highest BCUT2D eigenvalue weighted by molar-refractivity contribution is 5.98. The zero-order valence-corrected chi connectivity index (χ0v) is 13.0. The van der Waals surface area contributed by atoms with E-state index < -0.39 is 0 Å². The third-order valence-corrected chi connectivity index (χ3v) is 5.17. The molecule has 116 valence electrons. The Labute approximate surface area is 130 Å². The first-order chi connectivity index (χ1) is 10.7. The molecular weight excluding hydrogens is 276 g/mol. The Morgan fingerprint density at radius 2 is 2.14 bits per heavy atom. The Hall–Kier alpha value is -1.81. The van der Waals surface area contributed by atoms with Crippen LogP contribution in [0.15, 0.2) is 28.9 Å². The molecule has 1 N–H and O–H groups in total. The number of hydrogen-bond acceptors (Lipinski definition) is 3.